The van der Waals surface area contributed by atoms with Crippen molar-refractivity contribution in [2.75, 3.05) is 24.6 Å². The zero-order chi connectivity index (χ0) is 29.2. The molecule has 0 radical (unpaired) electrons. The van der Waals surface area contributed by atoms with Crippen LogP contribution < -0.4 is 0 Å². The molecule has 5 heteroatoms. The molecule has 0 saturated carbocycles. The number of hydrogen-bond acceptors (Lipinski definition) is 3. The molecule has 230 valence electrons. The van der Waals surface area contributed by atoms with Gasteiger partial charge in [0.1, 0.15) is 10.1 Å². The Morgan fingerprint density at radius 2 is 0.846 bits per heavy atom. The molecule has 0 aromatic heterocycles. The van der Waals surface area contributed by atoms with E-state index in [2.05, 4.69) is 34.6 Å². The van der Waals surface area contributed by atoms with Crippen LogP contribution >= 0.6 is 7.26 Å². The Morgan fingerprint density at radius 1 is 0.513 bits per heavy atom. The van der Waals surface area contributed by atoms with Crippen molar-refractivity contribution in [3.8, 4) is 0 Å². The molecule has 39 heavy (non-hydrogen) atoms. The average Bonchev–Trinajstić information content (AvgIpc) is 2.93. The van der Waals surface area contributed by atoms with Gasteiger partial charge in [-0.05, 0) is 56.2 Å². The predicted octanol–water partition coefficient (Wildman–Crippen LogP) is 11.3. The molecule has 1 aromatic rings. The SMILES string of the molecule is CCCCCCCCCCCCc1ccc(S(=O)(=O)[O-])cc1.CCCC[P+](CCCC)(CCCC)CCCC. The lowest BCUT2D eigenvalue weighted by molar-refractivity contribution is 0.463. The van der Waals surface area contributed by atoms with Gasteiger partial charge in [-0.15, -0.1) is 0 Å². The molecule has 0 N–H and O–H groups in total. The van der Waals surface area contributed by atoms with Crippen LogP contribution in [0.5, 0.6) is 0 Å². The van der Waals surface area contributed by atoms with Crippen LogP contribution in [-0.4, -0.2) is 37.6 Å². The van der Waals surface area contributed by atoms with Gasteiger partial charge in [0.25, 0.3) is 0 Å². The second kappa shape index (κ2) is 25.3. The highest BCUT2D eigenvalue weighted by Crippen LogP contribution is 2.61. The molecule has 1 rings (SSSR count). The van der Waals surface area contributed by atoms with E-state index in [0.717, 1.165) is 18.4 Å². The van der Waals surface area contributed by atoms with E-state index in [9.17, 15) is 13.0 Å². The Labute approximate surface area is 245 Å². The molecule has 0 aliphatic heterocycles. The fourth-order valence-corrected chi connectivity index (χ4v) is 11.0. The Balaban J connectivity index is 0.000000768. The first-order chi connectivity index (χ1) is 18.8. The Morgan fingerprint density at radius 3 is 1.18 bits per heavy atom. The van der Waals surface area contributed by atoms with Crippen molar-refractivity contribution in [1.82, 2.24) is 0 Å². The molecule has 0 saturated heterocycles. The summed E-state index contributed by atoms with van der Waals surface area (Å²) >= 11 is 0. The van der Waals surface area contributed by atoms with E-state index in [4.69, 9.17) is 0 Å². The smallest absolute Gasteiger partial charge is 0.124 e. The maximum atomic E-state index is 10.8. The fourth-order valence-electron chi connectivity index (χ4n) is 5.28. The van der Waals surface area contributed by atoms with Crippen molar-refractivity contribution in [1.29, 1.82) is 0 Å². The van der Waals surface area contributed by atoms with Gasteiger partial charge in [0.15, 0.2) is 0 Å². The van der Waals surface area contributed by atoms with Crippen molar-refractivity contribution in [2.24, 2.45) is 0 Å². The number of aryl methyl sites for hydroxylation is 1. The van der Waals surface area contributed by atoms with Crippen molar-refractivity contribution in [2.45, 2.75) is 162 Å². The molecule has 0 amide bonds. The van der Waals surface area contributed by atoms with Crippen LogP contribution in [0.25, 0.3) is 0 Å². The lowest BCUT2D eigenvalue weighted by atomic mass is 10.0. The summed E-state index contributed by atoms with van der Waals surface area (Å²) in [6.07, 6.45) is 32.0. The number of benzene rings is 1. The molecule has 0 atom stereocenters. The molecule has 1 aromatic carbocycles. The van der Waals surface area contributed by atoms with Crippen LogP contribution in [-0.2, 0) is 16.5 Å². The monoisotopic (exact) mass is 584 g/mol. The molecule has 0 heterocycles. The predicted molar refractivity (Wildman–Crippen MR) is 176 cm³/mol. The Bertz CT molecular complexity index is 724. The van der Waals surface area contributed by atoms with Crippen LogP contribution in [0.2, 0.25) is 0 Å². The van der Waals surface area contributed by atoms with Crippen molar-refractivity contribution < 1.29 is 13.0 Å². The van der Waals surface area contributed by atoms with Gasteiger partial charge in [0, 0.05) is 7.26 Å². The lowest BCUT2D eigenvalue weighted by Gasteiger charge is -2.28. The zero-order valence-corrected chi connectivity index (χ0v) is 28.4. The zero-order valence-electron chi connectivity index (χ0n) is 26.7. The van der Waals surface area contributed by atoms with Gasteiger partial charge < -0.3 is 4.55 Å². The van der Waals surface area contributed by atoms with Gasteiger partial charge in [-0.3, -0.25) is 0 Å². The van der Waals surface area contributed by atoms with E-state index in [0.29, 0.717) is 0 Å². The van der Waals surface area contributed by atoms with Gasteiger partial charge in [-0.1, -0.05) is 130 Å². The van der Waals surface area contributed by atoms with Gasteiger partial charge >= 0.3 is 0 Å². The lowest BCUT2D eigenvalue weighted by Crippen LogP contribution is -2.12. The minimum absolute atomic E-state index is 0.140. The molecular weight excluding hydrogens is 519 g/mol. The minimum atomic E-state index is -4.31. The van der Waals surface area contributed by atoms with Gasteiger partial charge in [0.2, 0.25) is 0 Å². The number of hydrogen-bond donors (Lipinski definition) is 0. The first-order valence-electron chi connectivity index (χ1n) is 16.7. The average molecular weight is 585 g/mol. The molecular formula is C34H65O3PS. The molecule has 0 aliphatic carbocycles. The highest BCUT2D eigenvalue weighted by molar-refractivity contribution is 7.85. The van der Waals surface area contributed by atoms with E-state index in [-0.39, 0.29) is 4.90 Å². The topological polar surface area (TPSA) is 57.2 Å². The van der Waals surface area contributed by atoms with Crippen molar-refractivity contribution in [3.63, 3.8) is 0 Å². The van der Waals surface area contributed by atoms with Crippen LogP contribution in [0.15, 0.2) is 29.2 Å². The standard InChI is InChI=1S/C18H30O3S.C16H36P/c1-2-3-4-5-6-7-8-9-10-11-12-17-13-15-18(16-14-17)22(19,20)21;1-5-9-13-17(14-10-6-2,15-11-7-3)16-12-8-4/h13-16H,2-12H2,1H3,(H,19,20,21);5-16H2,1-4H3/q;+1/p-1. The van der Waals surface area contributed by atoms with E-state index in [1.165, 1.54) is 121 Å². The summed E-state index contributed by atoms with van der Waals surface area (Å²) < 4.78 is 32.5. The third-order valence-corrected chi connectivity index (χ3v) is 13.9. The molecule has 0 unspecified atom stereocenters. The fraction of sp³-hybridized carbons (Fsp3) is 0.824. The molecule has 3 nitrogen and oxygen atoms in total. The summed E-state index contributed by atoms with van der Waals surface area (Å²) in [6.45, 7) is 11.7. The first-order valence-corrected chi connectivity index (χ1v) is 20.6. The van der Waals surface area contributed by atoms with Crippen molar-refractivity contribution >= 4 is 17.4 Å². The third-order valence-electron chi connectivity index (χ3n) is 7.98. The number of rotatable bonds is 24. The highest BCUT2D eigenvalue weighted by atomic mass is 32.2. The summed E-state index contributed by atoms with van der Waals surface area (Å²) in [7, 11) is -4.88. The van der Waals surface area contributed by atoms with E-state index < -0.39 is 17.4 Å². The summed E-state index contributed by atoms with van der Waals surface area (Å²) in [4.78, 5) is -0.140. The summed E-state index contributed by atoms with van der Waals surface area (Å²) in [5, 5.41) is 0. The highest BCUT2D eigenvalue weighted by Gasteiger charge is 2.34. The molecule has 0 aliphatic rings. The van der Waals surface area contributed by atoms with Gasteiger partial charge in [-0.2, -0.15) is 0 Å². The van der Waals surface area contributed by atoms with Crippen LogP contribution in [0.4, 0.5) is 0 Å². The Kier molecular flexibility index (Phi) is 25.0. The van der Waals surface area contributed by atoms with Gasteiger partial charge in [0.05, 0.1) is 29.5 Å². The summed E-state index contributed by atoms with van der Waals surface area (Å²) in [5.41, 5.74) is 1.10. The van der Waals surface area contributed by atoms with E-state index >= 15 is 0 Å². The molecule has 0 spiro atoms. The van der Waals surface area contributed by atoms with E-state index in [1.54, 1.807) is 36.8 Å². The second-order valence-electron chi connectivity index (χ2n) is 11.7. The van der Waals surface area contributed by atoms with E-state index in [1.807, 2.05) is 0 Å². The Hall–Kier alpha value is -0.440. The maximum Gasteiger partial charge on any atom is 0.124 e. The maximum absolute atomic E-state index is 10.8. The quantitative estimate of drug-likeness (QED) is 0.0690. The van der Waals surface area contributed by atoms with Gasteiger partial charge in [-0.25, -0.2) is 8.42 Å². The summed E-state index contributed by atoms with van der Waals surface area (Å²) in [5.74, 6) is 0. The van der Waals surface area contributed by atoms with Crippen LogP contribution in [0.1, 0.15) is 156 Å². The largest absolute Gasteiger partial charge is 0.744 e. The number of unbranched alkanes of at least 4 members (excludes halogenated alkanes) is 13. The third kappa shape index (κ3) is 21.0. The molecule has 0 bridgehead atoms. The first kappa shape index (κ1) is 38.6. The normalized spacial score (nSPS) is 11.8. The van der Waals surface area contributed by atoms with Crippen LogP contribution in [0.3, 0.4) is 0 Å². The van der Waals surface area contributed by atoms with Crippen LogP contribution in [0, 0.1) is 0 Å². The minimum Gasteiger partial charge on any atom is -0.744 e. The second-order valence-corrected chi connectivity index (χ2v) is 17.5. The van der Waals surface area contributed by atoms with Crippen molar-refractivity contribution in [3.05, 3.63) is 29.8 Å². The molecule has 0 fully saturated rings. The summed E-state index contributed by atoms with van der Waals surface area (Å²) in [6, 6.07) is 6.32.